The maximum absolute atomic E-state index is 5.92. The molecule has 0 N–H and O–H groups in total. The Labute approximate surface area is 105 Å². The summed E-state index contributed by atoms with van der Waals surface area (Å²) in [6.45, 7) is 0. The van der Waals surface area contributed by atoms with Crippen molar-refractivity contribution in [1.82, 2.24) is 4.98 Å². The molecule has 0 fully saturated rings. The van der Waals surface area contributed by atoms with Gasteiger partial charge < -0.3 is 4.42 Å². The van der Waals surface area contributed by atoms with Crippen LogP contribution in [0.1, 0.15) is 0 Å². The Balaban J connectivity index is 2.33. The summed E-state index contributed by atoms with van der Waals surface area (Å²) in [4.78, 5) is 4.17. The number of fused-ring (bicyclic) bond motifs is 5. The monoisotopic (exact) mass is 231 g/mol. The van der Waals surface area contributed by atoms with Crippen molar-refractivity contribution in [3.8, 4) is 0 Å². The third-order valence-corrected chi connectivity index (χ3v) is 3.41. The lowest BCUT2D eigenvalue weighted by Gasteiger charge is -1.98. The molecule has 84 valence electrons. The summed E-state index contributed by atoms with van der Waals surface area (Å²) in [6.07, 6.45) is 3.72. The molecule has 18 heavy (non-hydrogen) atoms. The van der Waals surface area contributed by atoms with Gasteiger partial charge in [-0.05, 0) is 29.7 Å². The van der Waals surface area contributed by atoms with E-state index in [1.807, 2.05) is 24.5 Å². The van der Waals surface area contributed by atoms with Crippen molar-refractivity contribution in [2.75, 3.05) is 0 Å². The Hall–Kier alpha value is -2.29. The first kappa shape index (κ1) is 9.72. The van der Waals surface area contributed by atoms with E-state index < -0.39 is 0 Å². The molecule has 0 saturated heterocycles. The lowest BCUT2D eigenvalue weighted by Crippen LogP contribution is -1.98. The smallest absolute Gasteiger partial charge is 0.139 e. The van der Waals surface area contributed by atoms with Crippen LogP contribution in [0.4, 0.5) is 0 Å². The Morgan fingerprint density at radius 3 is 2.83 bits per heavy atom. The first-order valence-electron chi connectivity index (χ1n) is 5.98. The van der Waals surface area contributed by atoms with Crippen LogP contribution in [0.3, 0.4) is 0 Å². The van der Waals surface area contributed by atoms with Crippen LogP contribution >= 0.6 is 0 Å². The lowest BCUT2D eigenvalue weighted by atomic mass is 9.95. The molecule has 0 aliphatic carbocycles. The molecule has 0 unspecified atom stereocenters. The highest BCUT2D eigenvalue weighted by Gasteiger charge is 2.09. The number of pyridine rings is 1. The van der Waals surface area contributed by atoms with Crippen LogP contribution in [0.25, 0.3) is 32.7 Å². The highest BCUT2D eigenvalue weighted by atomic mass is 16.3. The first-order valence-corrected chi connectivity index (χ1v) is 5.98. The Morgan fingerprint density at radius 1 is 0.944 bits per heavy atom. The van der Waals surface area contributed by atoms with E-state index in [0.29, 0.717) is 0 Å². The number of hydrogen-bond donors (Lipinski definition) is 0. The molecule has 0 atom stereocenters. The number of furan rings is 1. The minimum absolute atomic E-state index is 0.939. The van der Waals surface area contributed by atoms with Crippen LogP contribution in [0, 0.1) is 0 Å². The third-order valence-electron chi connectivity index (χ3n) is 3.41. The average Bonchev–Trinajstić information content (AvgIpc) is 2.76. The normalized spacial score (nSPS) is 11.6. The highest BCUT2D eigenvalue weighted by Crippen LogP contribution is 2.33. The average molecular weight is 231 g/mol. The molecular formula is C15H10BNO. The van der Waals surface area contributed by atoms with Crippen molar-refractivity contribution in [2.24, 2.45) is 0 Å². The molecule has 2 aromatic heterocycles. The number of nitrogens with zero attached hydrogens (tertiary/aromatic N) is 1. The Morgan fingerprint density at radius 2 is 1.89 bits per heavy atom. The van der Waals surface area contributed by atoms with Crippen molar-refractivity contribution >= 4 is 46.0 Å². The molecule has 0 bridgehead atoms. The Bertz CT molecular complexity index is 895. The van der Waals surface area contributed by atoms with Crippen molar-refractivity contribution in [3.63, 3.8) is 0 Å². The number of benzene rings is 2. The largest absolute Gasteiger partial charge is 0.456 e. The van der Waals surface area contributed by atoms with Gasteiger partial charge in [0, 0.05) is 28.6 Å². The zero-order chi connectivity index (χ0) is 12.1. The first-order chi connectivity index (χ1) is 8.83. The zero-order valence-corrected chi connectivity index (χ0v) is 9.97. The van der Waals surface area contributed by atoms with Crippen molar-refractivity contribution in [2.45, 2.75) is 0 Å². The van der Waals surface area contributed by atoms with E-state index in [1.165, 1.54) is 21.6 Å². The summed E-state index contributed by atoms with van der Waals surface area (Å²) in [7, 11) is 2.08. The molecule has 0 saturated carbocycles. The molecule has 4 aromatic rings. The molecule has 0 radical (unpaired) electrons. The van der Waals surface area contributed by atoms with Crippen molar-refractivity contribution in [3.05, 3.63) is 48.8 Å². The summed E-state index contributed by atoms with van der Waals surface area (Å²) in [5.41, 5.74) is 3.11. The van der Waals surface area contributed by atoms with Crippen LogP contribution < -0.4 is 5.46 Å². The second-order valence-corrected chi connectivity index (χ2v) is 4.64. The van der Waals surface area contributed by atoms with Crippen LogP contribution in [0.15, 0.2) is 53.2 Å². The standard InChI is InChI=1S/C15H10BNO/c16-10-2-3-12-14(7-10)18-13-4-1-9-8-17-6-5-11(9)15(12)13/h1-8H,16H2. The maximum atomic E-state index is 5.92. The summed E-state index contributed by atoms with van der Waals surface area (Å²) in [5.74, 6) is 0. The molecule has 0 aliphatic rings. The van der Waals surface area contributed by atoms with Gasteiger partial charge >= 0.3 is 0 Å². The molecule has 2 aromatic carbocycles. The molecular weight excluding hydrogens is 221 g/mol. The Kier molecular flexibility index (Phi) is 1.81. The zero-order valence-electron chi connectivity index (χ0n) is 9.97. The number of hydrogen-bond acceptors (Lipinski definition) is 2. The van der Waals surface area contributed by atoms with Gasteiger partial charge in [-0.3, -0.25) is 4.98 Å². The van der Waals surface area contributed by atoms with Gasteiger partial charge in [0.05, 0.1) is 0 Å². The van der Waals surface area contributed by atoms with E-state index in [1.54, 1.807) is 0 Å². The fraction of sp³-hybridized carbons (Fsp3) is 0. The minimum Gasteiger partial charge on any atom is -0.456 e. The fourth-order valence-electron chi connectivity index (χ4n) is 2.55. The van der Waals surface area contributed by atoms with E-state index in [0.717, 1.165) is 16.6 Å². The molecule has 2 nitrogen and oxygen atoms in total. The molecule has 4 rings (SSSR count). The van der Waals surface area contributed by atoms with Crippen molar-refractivity contribution < 1.29 is 4.42 Å². The van der Waals surface area contributed by atoms with E-state index in [9.17, 15) is 0 Å². The second kappa shape index (κ2) is 3.36. The minimum atomic E-state index is 0.939. The van der Waals surface area contributed by atoms with Crippen LogP contribution in [-0.4, -0.2) is 12.8 Å². The number of rotatable bonds is 0. The molecule has 2 heterocycles. The van der Waals surface area contributed by atoms with Gasteiger partial charge in [0.25, 0.3) is 0 Å². The molecule has 0 spiro atoms. The van der Waals surface area contributed by atoms with E-state index in [2.05, 4.69) is 37.1 Å². The van der Waals surface area contributed by atoms with Crippen LogP contribution in [0.5, 0.6) is 0 Å². The third kappa shape index (κ3) is 1.22. The summed E-state index contributed by atoms with van der Waals surface area (Å²) in [6, 6.07) is 12.5. The summed E-state index contributed by atoms with van der Waals surface area (Å²) >= 11 is 0. The predicted molar refractivity (Wildman–Crippen MR) is 77.2 cm³/mol. The highest BCUT2D eigenvalue weighted by molar-refractivity contribution is 6.33. The SMILES string of the molecule is Bc1ccc2c(c1)oc1ccc3cnccc3c12. The topological polar surface area (TPSA) is 26.0 Å². The van der Waals surface area contributed by atoms with Gasteiger partial charge in [0.2, 0.25) is 0 Å². The molecule has 0 amide bonds. The van der Waals surface area contributed by atoms with Crippen molar-refractivity contribution in [1.29, 1.82) is 0 Å². The van der Waals surface area contributed by atoms with Gasteiger partial charge in [-0.15, -0.1) is 0 Å². The van der Waals surface area contributed by atoms with E-state index in [-0.39, 0.29) is 0 Å². The van der Waals surface area contributed by atoms with Gasteiger partial charge in [0.15, 0.2) is 0 Å². The van der Waals surface area contributed by atoms with E-state index >= 15 is 0 Å². The van der Waals surface area contributed by atoms with Crippen LogP contribution in [0.2, 0.25) is 0 Å². The van der Waals surface area contributed by atoms with Gasteiger partial charge in [-0.2, -0.15) is 0 Å². The second-order valence-electron chi connectivity index (χ2n) is 4.64. The molecule has 0 aliphatic heterocycles. The lowest BCUT2D eigenvalue weighted by molar-refractivity contribution is 0.669. The molecule has 3 heteroatoms. The fourth-order valence-corrected chi connectivity index (χ4v) is 2.55. The van der Waals surface area contributed by atoms with Gasteiger partial charge in [-0.1, -0.05) is 17.6 Å². The van der Waals surface area contributed by atoms with E-state index in [4.69, 9.17) is 4.42 Å². The predicted octanol–water partition coefficient (Wildman–Crippen LogP) is 2.39. The quantitative estimate of drug-likeness (QED) is 0.434. The van der Waals surface area contributed by atoms with Gasteiger partial charge in [0.1, 0.15) is 19.0 Å². The van der Waals surface area contributed by atoms with Gasteiger partial charge in [-0.25, -0.2) is 0 Å². The number of aromatic nitrogens is 1. The maximum Gasteiger partial charge on any atom is 0.139 e. The summed E-state index contributed by atoms with van der Waals surface area (Å²) in [5, 5.41) is 4.70. The summed E-state index contributed by atoms with van der Waals surface area (Å²) < 4.78 is 5.92. The van der Waals surface area contributed by atoms with Crippen LogP contribution in [-0.2, 0) is 0 Å².